The van der Waals surface area contributed by atoms with Crippen LogP contribution in [-0.2, 0) is 13.6 Å². The summed E-state index contributed by atoms with van der Waals surface area (Å²) in [5.41, 5.74) is 10.5. The molecule has 0 unspecified atom stereocenters. The third-order valence-electron chi connectivity index (χ3n) is 3.71. The molecular weight excluding hydrogens is 257 g/mol. The maximum Gasteiger partial charge on any atom is 0.201 e. The summed E-state index contributed by atoms with van der Waals surface area (Å²) < 4.78 is 17.1. The highest BCUT2D eigenvalue weighted by molar-refractivity contribution is 5.78. The van der Waals surface area contributed by atoms with Crippen molar-refractivity contribution >= 4 is 17.0 Å². The molecule has 104 valence electrons. The standard InChI is InChI=1S/C14H16FN5/c1-8-11(9(2)19(3)18-8)7-20-13-6-10(15)4-5-12(13)17-14(20)16/h4-6H,7H2,1-3H3,(H2,16,17). The van der Waals surface area contributed by atoms with Gasteiger partial charge in [-0.25, -0.2) is 9.37 Å². The summed E-state index contributed by atoms with van der Waals surface area (Å²) in [6.45, 7) is 4.50. The van der Waals surface area contributed by atoms with Gasteiger partial charge in [0.05, 0.1) is 23.3 Å². The summed E-state index contributed by atoms with van der Waals surface area (Å²) in [7, 11) is 1.90. The summed E-state index contributed by atoms with van der Waals surface area (Å²) >= 11 is 0. The Bertz CT molecular complexity index is 800. The number of halogens is 1. The van der Waals surface area contributed by atoms with Gasteiger partial charge in [0.15, 0.2) is 0 Å². The lowest BCUT2D eigenvalue weighted by Gasteiger charge is -2.07. The summed E-state index contributed by atoms with van der Waals surface area (Å²) in [6, 6.07) is 4.49. The molecule has 0 radical (unpaired) electrons. The number of hydrogen-bond acceptors (Lipinski definition) is 3. The summed E-state index contributed by atoms with van der Waals surface area (Å²) in [4.78, 5) is 4.26. The van der Waals surface area contributed by atoms with Gasteiger partial charge in [0.2, 0.25) is 5.95 Å². The second kappa shape index (κ2) is 4.33. The van der Waals surface area contributed by atoms with Crippen molar-refractivity contribution in [2.45, 2.75) is 20.4 Å². The molecule has 0 spiro atoms. The van der Waals surface area contributed by atoms with Crippen LogP contribution in [0.5, 0.6) is 0 Å². The first kappa shape index (κ1) is 12.7. The maximum atomic E-state index is 13.4. The lowest BCUT2D eigenvalue weighted by Crippen LogP contribution is -2.06. The molecule has 2 N–H and O–H groups in total. The van der Waals surface area contributed by atoms with Crippen LogP contribution in [0.2, 0.25) is 0 Å². The van der Waals surface area contributed by atoms with Gasteiger partial charge in [-0.05, 0) is 32.0 Å². The fourth-order valence-electron chi connectivity index (χ4n) is 2.49. The van der Waals surface area contributed by atoms with Crippen molar-refractivity contribution in [3.8, 4) is 0 Å². The summed E-state index contributed by atoms with van der Waals surface area (Å²) in [5.74, 6) is 0.0894. The molecule has 0 saturated heterocycles. The van der Waals surface area contributed by atoms with Crippen LogP contribution in [0, 0.1) is 19.7 Å². The Labute approximate surface area is 115 Å². The molecular formula is C14H16FN5. The molecule has 6 heteroatoms. The molecule has 1 aromatic carbocycles. The number of anilines is 1. The molecule has 0 aliphatic heterocycles. The van der Waals surface area contributed by atoms with Crippen molar-refractivity contribution in [1.29, 1.82) is 0 Å². The molecule has 5 nitrogen and oxygen atoms in total. The zero-order valence-electron chi connectivity index (χ0n) is 11.7. The molecule has 20 heavy (non-hydrogen) atoms. The first-order valence-corrected chi connectivity index (χ1v) is 6.37. The Hall–Kier alpha value is -2.37. The second-order valence-electron chi connectivity index (χ2n) is 4.96. The Morgan fingerprint density at radius 2 is 2.05 bits per heavy atom. The van der Waals surface area contributed by atoms with Crippen LogP contribution in [0.1, 0.15) is 17.0 Å². The van der Waals surface area contributed by atoms with E-state index in [1.807, 2.05) is 30.1 Å². The first-order chi connectivity index (χ1) is 9.47. The van der Waals surface area contributed by atoms with Crippen LogP contribution in [0.15, 0.2) is 18.2 Å². The number of rotatable bonds is 2. The van der Waals surface area contributed by atoms with E-state index in [9.17, 15) is 4.39 Å². The van der Waals surface area contributed by atoms with E-state index in [0.29, 0.717) is 23.5 Å². The van der Waals surface area contributed by atoms with Gasteiger partial charge < -0.3 is 10.3 Å². The number of nitrogens with two attached hydrogens (primary N) is 1. The lowest BCUT2D eigenvalue weighted by atomic mass is 10.2. The van der Waals surface area contributed by atoms with Crippen LogP contribution < -0.4 is 5.73 Å². The number of nitrogen functional groups attached to an aromatic ring is 1. The van der Waals surface area contributed by atoms with Gasteiger partial charge in [0, 0.05) is 18.3 Å². The van der Waals surface area contributed by atoms with Gasteiger partial charge in [0.25, 0.3) is 0 Å². The highest BCUT2D eigenvalue weighted by atomic mass is 19.1. The van der Waals surface area contributed by atoms with Crippen LogP contribution in [0.3, 0.4) is 0 Å². The average Bonchev–Trinajstić information content (AvgIpc) is 2.82. The fraction of sp³-hybridized carbons (Fsp3) is 0.286. The minimum atomic E-state index is -0.293. The average molecular weight is 273 g/mol. The minimum absolute atomic E-state index is 0.293. The molecule has 3 rings (SSSR count). The van der Waals surface area contributed by atoms with E-state index in [0.717, 1.165) is 17.0 Å². The van der Waals surface area contributed by atoms with E-state index in [4.69, 9.17) is 5.73 Å². The van der Waals surface area contributed by atoms with Crippen molar-refractivity contribution in [3.63, 3.8) is 0 Å². The highest BCUT2D eigenvalue weighted by Gasteiger charge is 2.14. The Morgan fingerprint density at radius 1 is 1.30 bits per heavy atom. The Kier molecular flexibility index (Phi) is 2.74. The van der Waals surface area contributed by atoms with E-state index < -0.39 is 0 Å². The van der Waals surface area contributed by atoms with Crippen molar-refractivity contribution in [2.24, 2.45) is 7.05 Å². The number of fused-ring (bicyclic) bond motifs is 1. The number of aryl methyl sites for hydroxylation is 2. The van der Waals surface area contributed by atoms with Gasteiger partial charge in [0.1, 0.15) is 5.82 Å². The molecule has 0 atom stereocenters. The van der Waals surface area contributed by atoms with Gasteiger partial charge in [-0.3, -0.25) is 4.68 Å². The predicted molar refractivity (Wildman–Crippen MR) is 75.9 cm³/mol. The number of benzene rings is 1. The third kappa shape index (κ3) is 1.84. The molecule has 0 aliphatic rings. The zero-order valence-corrected chi connectivity index (χ0v) is 11.7. The smallest absolute Gasteiger partial charge is 0.201 e. The van der Waals surface area contributed by atoms with Gasteiger partial charge >= 0.3 is 0 Å². The number of hydrogen-bond donors (Lipinski definition) is 1. The topological polar surface area (TPSA) is 61.7 Å². The van der Waals surface area contributed by atoms with Crippen LogP contribution in [-0.4, -0.2) is 19.3 Å². The normalized spacial score (nSPS) is 11.4. The molecule has 2 aromatic heterocycles. The molecule has 0 bridgehead atoms. The van der Waals surface area contributed by atoms with Crippen molar-refractivity contribution in [1.82, 2.24) is 19.3 Å². The largest absolute Gasteiger partial charge is 0.369 e. The van der Waals surface area contributed by atoms with E-state index in [1.165, 1.54) is 12.1 Å². The lowest BCUT2D eigenvalue weighted by molar-refractivity contribution is 0.628. The molecule has 0 amide bonds. The van der Waals surface area contributed by atoms with Crippen molar-refractivity contribution in [2.75, 3.05) is 5.73 Å². The summed E-state index contributed by atoms with van der Waals surface area (Å²) in [6.07, 6.45) is 0. The minimum Gasteiger partial charge on any atom is -0.369 e. The monoisotopic (exact) mass is 273 g/mol. The third-order valence-corrected chi connectivity index (χ3v) is 3.71. The fourth-order valence-corrected chi connectivity index (χ4v) is 2.49. The summed E-state index contributed by atoms with van der Waals surface area (Å²) in [5, 5.41) is 4.39. The highest BCUT2D eigenvalue weighted by Crippen LogP contribution is 2.22. The van der Waals surface area contributed by atoms with Crippen LogP contribution in [0.25, 0.3) is 11.0 Å². The number of imidazole rings is 1. The Morgan fingerprint density at radius 3 is 2.70 bits per heavy atom. The maximum absolute atomic E-state index is 13.4. The number of nitrogens with zero attached hydrogens (tertiary/aromatic N) is 4. The Balaban J connectivity index is 2.15. The second-order valence-corrected chi connectivity index (χ2v) is 4.96. The van der Waals surface area contributed by atoms with E-state index in [1.54, 1.807) is 6.07 Å². The van der Waals surface area contributed by atoms with Crippen molar-refractivity contribution < 1.29 is 4.39 Å². The number of aromatic nitrogens is 4. The SMILES string of the molecule is Cc1nn(C)c(C)c1Cn1c(N)nc2ccc(F)cc21. The predicted octanol–water partition coefficient (Wildman–Crippen LogP) is 2.16. The van der Waals surface area contributed by atoms with Gasteiger partial charge in [-0.15, -0.1) is 0 Å². The first-order valence-electron chi connectivity index (χ1n) is 6.37. The van der Waals surface area contributed by atoms with Gasteiger partial charge in [-0.1, -0.05) is 0 Å². The van der Waals surface area contributed by atoms with Crippen LogP contribution in [0.4, 0.5) is 10.3 Å². The quantitative estimate of drug-likeness (QED) is 0.778. The van der Waals surface area contributed by atoms with Crippen LogP contribution >= 0.6 is 0 Å². The van der Waals surface area contributed by atoms with E-state index in [2.05, 4.69) is 10.1 Å². The molecule has 3 aromatic rings. The molecule has 2 heterocycles. The molecule has 0 saturated carbocycles. The molecule has 0 aliphatic carbocycles. The zero-order chi connectivity index (χ0) is 14.4. The van der Waals surface area contributed by atoms with Gasteiger partial charge in [-0.2, -0.15) is 5.10 Å². The molecule has 0 fully saturated rings. The van der Waals surface area contributed by atoms with E-state index in [-0.39, 0.29) is 5.82 Å². The van der Waals surface area contributed by atoms with E-state index >= 15 is 0 Å². The van der Waals surface area contributed by atoms with Crippen molar-refractivity contribution in [3.05, 3.63) is 41.0 Å².